The minimum atomic E-state index is -7.22. The van der Waals surface area contributed by atoms with E-state index in [0.717, 1.165) is 11.0 Å². The summed E-state index contributed by atoms with van der Waals surface area (Å²) in [5.41, 5.74) is -10.5. The van der Waals surface area contributed by atoms with E-state index in [1.54, 1.807) is 0 Å². The van der Waals surface area contributed by atoms with Gasteiger partial charge in [0.1, 0.15) is 52.7 Å². The first kappa shape index (κ1) is 48.1. The lowest BCUT2D eigenvalue weighted by Crippen LogP contribution is -2.81. The van der Waals surface area contributed by atoms with Crippen LogP contribution < -0.4 is 26.4 Å². The Kier molecular flexibility index (Phi) is 13.5. The third-order valence-corrected chi connectivity index (χ3v) is 10.5. The molecule has 0 bridgehead atoms. The van der Waals surface area contributed by atoms with Gasteiger partial charge in [-0.15, -0.1) is 21.9 Å². The van der Waals surface area contributed by atoms with Crippen LogP contribution in [0, 0.1) is 116 Å². The molecule has 0 aliphatic heterocycles. The average Bonchev–Trinajstić information content (AvgIpc) is 3.30. The van der Waals surface area contributed by atoms with Crippen molar-refractivity contribution in [1.29, 1.82) is 0 Å². The van der Waals surface area contributed by atoms with Crippen molar-refractivity contribution in [3.05, 3.63) is 206 Å². The highest BCUT2D eigenvalue weighted by Gasteiger charge is 2.52. The number of hydrogen-bond donors (Lipinski definition) is 0. The number of rotatable bonds is 7. The molecule has 0 saturated heterocycles. The number of aromatic nitrogens is 1. The molecule has 0 N–H and O–H groups in total. The first-order chi connectivity index (χ1) is 30.5. The van der Waals surface area contributed by atoms with E-state index in [1.165, 1.54) is 16.7 Å². The topological polar surface area (TPSA) is 3.88 Å². The fourth-order valence-corrected chi connectivity index (χ4v) is 7.33. The maximum Gasteiger partial charge on any atom is 0.200 e. The number of pyridine rings is 1. The average molecular weight is 1000 g/mol. The van der Waals surface area contributed by atoms with Crippen LogP contribution in [0.25, 0.3) is 11.1 Å². The Morgan fingerprint density at radius 1 is 0.308 bits per heavy atom. The molecule has 0 radical (unpaired) electrons. The van der Waals surface area contributed by atoms with Gasteiger partial charge in [0.2, 0.25) is 0 Å². The van der Waals surface area contributed by atoms with Crippen molar-refractivity contribution >= 4 is 43.9 Å². The van der Waals surface area contributed by atoms with Crippen molar-refractivity contribution in [1.82, 2.24) is 0 Å². The summed E-state index contributed by atoms with van der Waals surface area (Å²) in [6, 6.07) is 23.2. The van der Waals surface area contributed by atoms with Crippen LogP contribution in [0.2, 0.25) is 0 Å². The van der Waals surface area contributed by atoms with Gasteiger partial charge in [0.15, 0.2) is 88.7 Å². The first-order valence-electron chi connectivity index (χ1n) is 17.5. The third-order valence-electron chi connectivity index (χ3n) is 9.98. The maximum absolute atomic E-state index is 15.4. The van der Waals surface area contributed by atoms with Crippen LogP contribution in [0.5, 0.6) is 0 Å². The van der Waals surface area contributed by atoms with Crippen molar-refractivity contribution in [3.63, 3.8) is 0 Å². The molecular weight excluding hydrogens is 989 g/mol. The van der Waals surface area contributed by atoms with Crippen molar-refractivity contribution in [2.45, 2.75) is 6.54 Å². The fraction of sp³-hybridized carbons (Fsp3) is 0.0238. The second-order valence-electron chi connectivity index (χ2n) is 13.6. The fourth-order valence-electron chi connectivity index (χ4n) is 7.07. The first-order valence-corrected chi connectivity index (χ1v) is 18.3. The number of nitrogens with zero attached hydrogens (tertiary/aromatic N) is 1. The zero-order chi connectivity index (χ0) is 48.1. The van der Waals surface area contributed by atoms with Gasteiger partial charge in [-0.3, -0.25) is 0 Å². The van der Waals surface area contributed by atoms with Crippen LogP contribution in [0.4, 0.5) is 87.8 Å². The van der Waals surface area contributed by atoms with E-state index in [9.17, 15) is 52.7 Å². The van der Waals surface area contributed by atoms with Gasteiger partial charge in [-0.25, -0.2) is 92.4 Å². The minimum Gasteiger partial charge on any atom is -0.207 e. The predicted molar refractivity (Wildman–Crippen MR) is 195 cm³/mol. The van der Waals surface area contributed by atoms with E-state index < -0.39 is 144 Å². The molecule has 0 saturated carbocycles. The minimum absolute atomic E-state index is 0.904. The van der Waals surface area contributed by atoms with Crippen LogP contribution in [0.15, 0.2) is 83.6 Å². The van der Waals surface area contributed by atoms with E-state index in [4.69, 9.17) is 0 Å². The second kappa shape index (κ2) is 18.2. The SMILES string of the molecule is Brc1ccc(-c2cc[n+](Cc3ccccc3)cc2)cc1.Fc1c(F)c(F)c([B-](c2c(F)c(F)c(F)c(F)c2F)(c2c(F)c(F)c(F)c(F)c2F)c2c(F)c(F)c(F)c(F)c2F)c(F)c1F. The van der Waals surface area contributed by atoms with Crippen LogP contribution in [0.1, 0.15) is 5.56 Å². The molecule has 65 heavy (non-hydrogen) atoms. The quantitative estimate of drug-likeness (QED) is 0.0493. The predicted octanol–water partition coefficient (Wildman–Crippen LogP) is 10.3. The standard InChI is InChI=1S/C24BF20.C18H15BrN/c26-5-1(6(27)14(35)21(42)13(5)34)25(2-7(28)15(36)22(43)16(37)8(2)29,3-9(30)17(38)23(44)18(39)10(3)31)4-11(32)19(40)24(45)20(41)12(4)33;19-18-8-6-16(7-9-18)17-10-12-20(13-11-17)14-15-4-2-1-3-5-15/h;1-13H,14H2/q-1;+1. The van der Waals surface area contributed by atoms with E-state index >= 15 is 35.1 Å². The molecule has 338 valence electrons. The Hall–Kier alpha value is -6.39. The zero-order valence-electron chi connectivity index (χ0n) is 31.2. The smallest absolute Gasteiger partial charge is 0.200 e. The van der Waals surface area contributed by atoms with Crippen molar-refractivity contribution in [2.75, 3.05) is 0 Å². The summed E-state index contributed by atoms with van der Waals surface area (Å²) in [5, 5.41) is 0. The van der Waals surface area contributed by atoms with Gasteiger partial charge < -0.3 is 0 Å². The normalized spacial score (nSPS) is 11.5. The molecule has 0 aliphatic carbocycles. The Balaban J connectivity index is 0.000000289. The maximum atomic E-state index is 15.4. The summed E-state index contributed by atoms with van der Waals surface area (Å²) in [6.45, 7) is 0.904. The molecule has 0 fully saturated rings. The molecule has 23 heteroatoms. The Bertz CT molecular complexity index is 2620. The lowest BCUT2D eigenvalue weighted by Gasteiger charge is -2.44. The summed E-state index contributed by atoms with van der Waals surface area (Å²) < 4.78 is 297. The van der Waals surface area contributed by atoms with Crippen LogP contribution in [-0.4, -0.2) is 6.15 Å². The van der Waals surface area contributed by atoms with Crippen LogP contribution in [0.3, 0.4) is 0 Å². The van der Waals surface area contributed by atoms with Crippen molar-refractivity contribution < 1.29 is 92.4 Å². The lowest BCUT2D eigenvalue weighted by atomic mass is 9.12. The number of halogens is 21. The van der Waals surface area contributed by atoms with E-state index in [-0.39, 0.29) is 0 Å². The third kappa shape index (κ3) is 7.96. The molecule has 7 rings (SSSR count). The van der Waals surface area contributed by atoms with Gasteiger partial charge in [-0.2, -0.15) is 0 Å². The van der Waals surface area contributed by atoms with Crippen molar-refractivity contribution in [3.8, 4) is 11.1 Å². The molecule has 0 aliphatic rings. The highest BCUT2D eigenvalue weighted by atomic mass is 79.9. The molecule has 0 unspecified atom stereocenters. The van der Waals surface area contributed by atoms with Crippen LogP contribution in [-0.2, 0) is 6.54 Å². The molecule has 1 heterocycles. The summed E-state index contributed by atoms with van der Waals surface area (Å²) in [6.07, 6.45) is -2.96. The second-order valence-corrected chi connectivity index (χ2v) is 14.5. The zero-order valence-corrected chi connectivity index (χ0v) is 32.8. The summed E-state index contributed by atoms with van der Waals surface area (Å²) in [4.78, 5) is 0. The summed E-state index contributed by atoms with van der Waals surface area (Å²) in [5.74, 6) is -71.4. The van der Waals surface area contributed by atoms with Gasteiger partial charge in [0.05, 0.1) is 0 Å². The molecule has 0 spiro atoms. The van der Waals surface area contributed by atoms with E-state index in [1.807, 2.05) is 6.07 Å². The Morgan fingerprint density at radius 3 is 0.831 bits per heavy atom. The molecule has 1 aromatic heterocycles. The Labute approximate surface area is 358 Å². The highest BCUT2D eigenvalue weighted by Crippen LogP contribution is 2.31. The molecule has 0 atom stereocenters. The van der Waals surface area contributed by atoms with E-state index in [2.05, 4.69) is 93.6 Å². The van der Waals surface area contributed by atoms with Gasteiger partial charge in [-0.05, 0) is 23.3 Å². The monoisotopic (exact) mass is 1000 g/mol. The molecule has 1 nitrogen and oxygen atoms in total. The largest absolute Gasteiger partial charge is 0.207 e. The summed E-state index contributed by atoms with van der Waals surface area (Å²) in [7, 11) is 0. The number of hydrogen-bond acceptors (Lipinski definition) is 0. The van der Waals surface area contributed by atoms with Crippen LogP contribution >= 0.6 is 15.9 Å². The Morgan fingerprint density at radius 2 is 0.554 bits per heavy atom. The number of benzene rings is 6. The lowest BCUT2D eigenvalue weighted by molar-refractivity contribution is -0.688. The molecule has 6 aromatic carbocycles. The summed E-state index contributed by atoms with van der Waals surface area (Å²) >= 11 is 3.46. The molecule has 0 amide bonds. The molecular formula is C42H15BBrF20N. The van der Waals surface area contributed by atoms with Gasteiger partial charge in [0.25, 0.3) is 0 Å². The van der Waals surface area contributed by atoms with Crippen molar-refractivity contribution in [2.24, 2.45) is 0 Å². The van der Waals surface area contributed by atoms with Gasteiger partial charge in [0, 0.05) is 22.2 Å². The highest BCUT2D eigenvalue weighted by molar-refractivity contribution is 9.10. The van der Waals surface area contributed by atoms with Gasteiger partial charge in [-0.1, -0.05) is 58.4 Å². The van der Waals surface area contributed by atoms with E-state index in [0.29, 0.717) is 0 Å². The molecule has 7 aromatic rings. The van der Waals surface area contributed by atoms with Gasteiger partial charge >= 0.3 is 0 Å².